The van der Waals surface area contributed by atoms with Gasteiger partial charge in [-0.15, -0.1) is 0 Å². The van der Waals surface area contributed by atoms with Crippen LogP contribution in [0.4, 0.5) is 0 Å². The summed E-state index contributed by atoms with van der Waals surface area (Å²) >= 11 is 0. The van der Waals surface area contributed by atoms with Crippen LogP contribution in [0.3, 0.4) is 0 Å². The van der Waals surface area contributed by atoms with Crippen molar-refractivity contribution >= 4 is 21.9 Å². The summed E-state index contributed by atoms with van der Waals surface area (Å²) < 4.78 is 6.58. The second-order valence-electron chi connectivity index (χ2n) is 18.7. The molecule has 2 saturated carbocycles. The van der Waals surface area contributed by atoms with Crippen LogP contribution in [0.25, 0.3) is 67.2 Å². The largest absolute Gasteiger partial charge is 0.455 e. The van der Waals surface area contributed by atoms with Crippen molar-refractivity contribution in [3.8, 4) is 45.3 Å². The molecule has 0 N–H and O–H groups in total. The number of rotatable bonds is 6. The number of benzene rings is 7. The van der Waals surface area contributed by atoms with Gasteiger partial charge in [-0.2, -0.15) is 0 Å². The third-order valence-electron chi connectivity index (χ3n) is 15.2. The molecule has 3 aliphatic rings. The van der Waals surface area contributed by atoms with E-state index in [4.69, 9.17) is 19.4 Å². The zero-order valence-corrected chi connectivity index (χ0v) is 34.9. The minimum absolute atomic E-state index is 0.161. The molecule has 2 heterocycles. The van der Waals surface area contributed by atoms with Crippen molar-refractivity contribution in [2.24, 2.45) is 17.3 Å². The fourth-order valence-corrected chi connectivity index (χ4v) is 12.0. The maximum absolute atomic E-state index is 6.58. The number of hydrogen-bond donors (Lipinski definition) is 0. The second-order valence-corrected chi connectivity index (χ2v) is 18.7. The van der Waals surface area contributed by atoms with Gasteiger partial charge in [-0.3, -0.25) is 0 Å². The van der Waals surface area contributed by atoms with Gasteiger partial charge in [-0.1, -0.05) is 178 Å². The van der Waals surface area contributed by atoms with Gasteiger partial charge in [0, 0.05) is 21.9 Å². The van der Waals surface area contributed by atoms with Gasteiger partial charge in [0.25, 0.3) is 0 Å². The van der Waals surface area contributed by atoms with E-state index in [1.165, 1.54) is 64.6 Å². The minimum Gasteiger partial charge on any atom is -0.455 e. The van der Waals surface area contributed by atoms with Crippen LogP contribution < -0.4 is 0 Å². The summed E-state index contributed by atoms with van der Waals surface area (Å²) in [5.41, 5.74) is 13.1. The third kappa shape index (κ3) is 5.34. The topological polar surface area (TPSA) is 51.8 Å². The SMILES string of the molecule is CC1(c2ccc(C3(c4ccccc4)c4ccccc4-c4cccc(-c5nc(-c6ccccc6)nc(-c6cccc7c6oc6ccccc67)n5)c43)cc2)C[C@H]2CC[C@@H](C1)C2(C)C. The van der Waals surface area contributed by atoms with Gasteiger partial charge in [0.05, 0.1) is 11.0 Å². The standard InChI is InChI=1S/C57H47N3O/c1-55(2)40-32-33-41(55)35-56(3,34-40)37-28-30-39(31-29-37)57(38-18-8-5-9-19-38)48-26-12-10-20-42(48)44-22-14-24-46(50(44)57)53-58-52(36-16-6-4-7-17-36)59-54(60-53)47-25-15-23-45-43-21-11-13-27-49(43)61-51(45)47/h4-31,40-41H,32-35H2,1-3H3/t40-,41+,56?,57?. The lowest BCUT2D eigenvalue weighted by Gasteiger charge is -2.48. The van der Waals surface area contributed by atoms with Crippen molar-refractivity contribution < 1.29 is 4.42 Å². The first-order valence-electron chi connectivity index (χ1n) is 22.0. The second kappa shape index (κ2) is 13.4. The van der Waals surface area contributed by atoms with Gasteiger partial charge in [0.15, 0.2) is 17.5 Å². The van der Waals surface area contributed by atoms with Crippen LogP contribution >= 0.6 is 0 Å². The molecular weight excluding hydrogens is 743 g/mol. The van der Waals surface area contributed by atoms with E-state index in [-0.39, 0.29) is 5.41 Å². The van der Waals surface area contributed by atoms with Gasteiger partial charge < -0.3 is 4.42 Å². The van der Waals surface area contributed by atoms with Crippen LogP contribution in [0, 0.1) is 17.3 Å². The molecule has 0 spiro atoms. The van der Waals surface area contributed by atoms with Crippen LogP contribution in [-0.4, -0.2) is 15.0 Å². The molecule has 3 aliphatic carbocycles. The van der Waals surface area contributed by atoms with E-state index in [1.54, 1.807) is 0 Å². The van der Waals surface area contributed by atoms with E-state index in [9.17, 15) is 0 Å². The van der Waals surface area contributed by atoms with E-state index in [0.717, 1.165) is 50.5 Å². The molecule has 2 aromatic heterocycles. The molecule has 0 aliphatic heterocycles. The van der Waals surface area contributed by atoms with Crippen LogP contribution in [0.5, 0.6) is 0 Å². The van der Waals surface area contributed by atoms with E-state index in [0.29, 0.717) is 22.9 Å². The summed E-state index contributed by atoms with van der Waals surface area (Å²) in [7, 11) is 0. The molecule has 2 unspecified atom stereocenters. The number of para-hydroxylation sites is 2. The Morgan fingerprint density at radius 1 is 0.459 bits per heavy atom. The molecule has 0 radical (unpaired) electrons. The Kier molecular flexibility index (Phi) is 7.97. The first-order chi connectivity index (χ1) is 29.8. The summed E-state index contributed by atoms with van der Waals surface area (Å²) in [5, 5.41) is 2.11. The molecule has 4 heteroatoms. The average Bonchev–Trinajstić information content (AvgIpc) is 3.87. The number of aromatic nitrogens is 3. The zero-order valence-electron chi connectivity index (χ0n) is 34.9. The molecule has 2 bridgehead atoms. The van der Waals surface area contributed by atoms with Crippen molar-refractivity contribution in [2.45, 2.75) is 57.3 Å². The normalized spacial score (nSPS) is 22.3. The highest BCUT2D eigenvalue weighted by Crippen LogP contribution is 2.62. The summed E-state index contributed by atoms with van der Waals surface area (Å²) in [6.07, 6.45) is 5.22. The summed E-state index contributed by atoms with van der Waals surface area (Å²) in [4.78, 5) is 16.0. The van der Waals surface area contributed by atoms with Crippen LogP contribution in [0.2, 0.25) is 0 Å². The molecule has 296 valence electrons. The van der Waals surface area contributed by atoms with Crippen molar-refractivity contribution in [3.05, 3.63) is 198 Å². The van der Waals surface area contributed by atoms with Crippen molar-refractivity contribution in [3.63, 3.8) is 0 Å². The number of hydrogen-bond acceptors (Lipinski definition) is 4. The number of fused-ring (bicyclic) bond motifs is 8. The fourth-order valence-electron chi connectivity index (χ4n) is 12.0. The van der Waals surface area contributed by atoms with E-state index >= 15 is 0 Å². The minimum atomic E-state index is -0.644. The van der Waals surface area contributed by atoms with E-state index < -0.39 is 5.41 Å². The van der Waals surface area contributed by atoms with Gasteiger partial charge in [0.1, 0.15) is 11.2 Å². The Balaban J connectivity index is 1.10. The van der Waals surface area contributed by atoms with Crippen molar-refractivity contribution in [2.75, 3.05) is 0 Å². The van der Waals surface area contributed by atoms with Crippen LogP contribution in [0.15, 0.2) is 174 Å². The monoisotopic (exact) mass is 789 g/mol. The molecular formula is C57H47N3O. The maximum atomic E-state index is 6.58. The highest BCUT2D eigenvalue weighted by atomic mass is 16.3. The van der Waals surface area contributed by atoms with E-state index in [1.807, 2.05) is 30.3 Å². The number of nitrogens with zero attached hydrogens (tertiary/aromatic N) is 3. The molecule has 7 aromatic carbocycles. The number of furan rings is 1. The summed E-state index contributed by atoms with van der Waals surface area (Å²) in [6, 6.07) is 61.2. The first-order valence-corrected chi connectivity index (χ1v) is 22.0. The van der Waals surface area contributed by atoms with Crippen molar-refractivity contribution in [1.29, 1.82) is 0 Å². The fraction of sp³-hybridized carbons (Fsp3) is 0.211. The lowest BCUT2D eigenvalue weighted by atomic mass is 9.57. The third-order valence-corrected chi connectivity index (χ3v) is 15.2. The van der Waals surface area contributed by atoms with Gasteiger partial charge in [-0.05, 0) is 99.4 Å². The smallest absolute Gasteiger partial charge is 0.167 e. The Hall–Kier alpha value is -6.65. The molecule has 4 atom stereocenters. The van der Waals surface area contributed by atoms with Gasteiger partial charge in [0.2, 0.25) is 0 Å². The zero-order chi connectivity index (χ0) is 40.9. The highest BCUT2D eigenvalue weighted by Gasteiger charge is 2.53. The predicted octanol–water partition coefficient (Wildman–Crippen LogP) is 14.2. The Bertz CT molecular complexity index is 3130. The highest BCUT2D eigenvalue weighted by molar-refractivity contribution is 6.09. The summed E-state index contributed by atoms with van der Waals surface area (Å²) in [6.45, 7) is 7.57. The first kappa shape index (κ1) is 36.2. The molecule has 0 amide bonds. The van der Waals surface area contributed by atoms with Gasteiger partial charge >= 0.3 is 0 Å². The quantitative estimate of drug-likeness (QED) is 0.168. The molecule has 2 fully saturated rings. The van der Waals surface area contributed by atoms with Crippen molar-refractivity contribution in [1.82, 2.24) is 15.0 Å². The summed E-state index contributed by atoms with van der Waals surface area (Å²) in [5.74, 6) is 3.37. The molecule has 12 rings (SSSR count). The van der Waals surface area contributed by atoms with Gasteiger partial charge in [-0.25, -0.2) is 15.0 Å². The van der Waals surface area contributed by atoms with Crippen LogP contribution in [0.1, 0.15) is 74.3 Å². The predicted molar refractivity (Wildman–Crippen MR) is 247 cm³/mol. The molecule has 0 saturated heterocycles. The molecule has 61 heavy (non-hydrogen) atoms. The lowest BCUT2D eigenvalue weighted by Crippen LogP contribution is -2.41. The van der Waals surface area contributed by atoms with Crippen LogP contribution in [-0.2, 0) is 10.8 Å². The molecule has 9 aromatic rings. The maximum Gasteiger partial charge on any atom is 0.167 e. The lowest BCUT2D eigenvalue weighted by molar-refractivity contribution is 0.0724. The Morgan fingerprint density at radius 3 is 1.77 bits per heavy atom. The molecule has 4 nitrogen and oxygen atoms in total. The average molecular weight is 790 g/mol. The van der Waals surface area contributed by atoms with E-state index in [2.05, 4.69) is 160 Å². The Morgan fingerprint density at radius 2 is 1.00 bits per heavy atom. The Labute approximate surface area is 357 Å².